The molecule has 0 atom stereocenters. The molecule has 0 fully saturated rings. The van der Waals surface area contributed by atoms with E-state index in [0.29, 0.717) is 6.42 Å². The van der Waals surface area contributed by atoms with Crippen LogP contribution in [0.15, 0.2) is 42.5 Å². The highest BCUT2D eigenvalue weighted by molar-refractivity contribution is 5.97. The highest BCUT2D eigenvalue weighted by Crippen LogP contribution is 2.15. The van der Waals surface area contributed by atoms with Crippen molar-refractivity contribution in [1.82, 2.24) is 0 Å². The third-order valence-electron chi connectivity index (χ3n) is 3.35. The summed E-state index contributed by atoms with van der Waals surface area (Å²) in [6.45, 7) is 4.14. The standard InChI is InChI=1S/C17H18O2/c1-12-4-5-14(10-13(12)2)11-17(18)15-6-8-16(19-3)9-7-15/h4-10H,11H2,1-3H3. The maximum Gasteiger partial charge on any atom is 0.167 e. The Morgan fingerprint density at radius 1 is 1.00 bits per heavy atom. The lowest BCUT2D eigenvalue weighted by Gasteiger charge is -2.06. The van der Waals surface area contributed by atoms with E-state index < -0.39 is 0 Å². The summed E-state index contributed by atoms with van der Waals surface area (Å²) >= 11 is 0. The first kappa shape index (κ1) is 13.3. The van der Waals surface area contributed by atoms with Crippen molar-refractivity contribution >= 4 is 5.78 Å². The summed E-state index contributed by atoms with van der Waals surface area (Å²) in [7, 11) is 1.62. The number of rotatable bonds is 4. The van der Waals surface area contributed by atoms with Crippen LogP contribution in [0.5, 0.6) is 5.75 Å². The topological polar surface area (TPSA) is 26.3 Å². The lowest BCUT2D eigenvalue weighted by atomic mass is 9.99. The van der Waals surface area contributed by atoms with Crippen molar-refractivity contribution in [3.8, 4) is 5.75 Å². The molecule has 0 aliphatic rings. The van der Waals surface area contributed by atoms with Crippen molar-refractivity contribution in [1.29, 1.82) is 0 Å². The predicted octanol–water partition coefficient (Wildman–Crippen LogP) is 3.74. The fourth-order valence-corrected chi connectivity index (χ4v) is 1.98. The molecule has 0 saturated heterocycles. The monoisotopic (exact) mass is 254 g/mol. The summed E-state index contributed by atoms with van der Waals surface area (Å²) in [6, 6.07) is 13.4. The maximum absolute atomic E-state index is 12.2. The maximum atomic E-state index is 12.2. The Kier molecular flexibility index (Phi) is 4.00. The molecule has 2 aromatic carbocycles. The van der Waals surface area contributed by atoms with Crippen LogP contribution in [0.25, 0.3) is 0 Å². The second-order valence-corrected chi connectivity index (χ2v) is 4.75. The molecule has 0 radical (unpaired) electrons. The normalized spacial score (nSPS) is 10.3. The van der Waals surface area contributed by atoms with Gasteiger partial charge >= 0.3 is 0 Å². The van der Waals surface area contributed by atoms with Gasteiger partial charge in [0.05, 0.1) is 7.11 Å². The molecular weight excluding hydrogens is 236 g/mol. The quantitative estimate of drug-likeness (QED) is 0.777. The van der Waals surface area contributed by atoms with Gasteiger partial charge in [-0.3, -0.25) is 4.79 Å². The summed E-state index contributed by atoms with van der Waals surface area (Å²) < 4.78 is 5.08. The molecule has 2 nitrogen and oxygen atoms in total. The van der Waals surface area contributed by atoms with E-state index in [-0.39, 0.29) is 5.78 Å². The Bertz CT molecular complexity index is 583. The molecule has 98 valence electrons. The Morgan fingerprint density at radius 2 is 1.68 bits per heavy atom. The molecule has 2 rings (SSSR count). The minimum atomic E-state index is 0.130. The summed E-state index contributed by atoms with van der Waals surface area (Å²) in [5.41, 5.74) is 4.25. The molecule has 2 heteroatoms. The second-order valence-electron chi connectivity index (χ2n) is 4.75. The molecular formula is C17H18O2. The van der Waals surface area contributed by atoms with Gasteiger partial charge in [0.25, 0.3) is 0 Å². The number of carbonyl (C=O) groups excluding carboxylic acids is 1. The molecule has 0 spiro atoms. The van der Waals surface area contributed by atoms with Crippen molar-refractivity contribution in [3.05, 3.63) is 64.7 Å². The van der Waals surface area contributed by atoms with Crippen LogP contribution in [0.4, 0.5) is 0 Å². The minimum Gasteiger partial charge on any atom is -0.497 e. The van der Waals surface area contributed by atoms with E-state index in [0.717, 1.165) is 16.9 Å². The summed E-state index contributed by atoms with van der Waals surface area (Å²) in [5.74, 6) is 0.897. The van der Waals surface area contributed by atoms with Crippen molar-refractivity contribution in [3.63, 3.8) is 0 Å². The van der Waals surface area contributed by atoms with Crippen LogP contribution in [0.2, 0.25) is 0 Å². The van der Waals surface area contributed by atoms with Crippen molar-refractivity contribution in [2.45, 2.75) is 20.3 Å². The summed E-state index contributed by atoms with van der Waals surface area (Å²) in [4.78, 5) is 12.2. The first-order valence-corrected chi connectivity index (χ1v) is 6.33. The number of benzene rings is 2. The van der Waals surface area contributed by atoms with E-state index >= 15 is 0 Å². The van der Waals surface area contributed by atoms with Gasteiger partial charge in [-0.2, -0.15) is 0 Å². The molecule has 0 heterocycles. The van der Waals surface area contributed by atoms with E-state index in [1.165, 1.54) is 11.1 Å². The molecule has 0 aromatic heterocycles. The highest BCUT2D eigenvalue weighted by Gasteiger charge is 2.07. The van der Waals surface area contributed by atoms with Gasteiger partial charge in [0, 0.05) is 12.0 Å². The molecule has 0 amide bonds. The fourth-order valence-electron chi connectivity index (χ4n) is 1.98. The average Bonchev–Trinajstić information content (AvgIpc) is 2.43. The van der Waals surface area contributed by atoms with E-state index in [2.05, 4.69) is 26.0 Å². The van der Waals surface area contributed by atoms with Crippen molar-refractivity contribution < 1.29 is 9.53 Å². The Morgan fingerprint density at radius 3 is 2.26 bits per heavy atom. The summed E-state index contributed by atoms with van der Waals surface area (Å²) in [6.07, 6.45) is 0.438. The van der Waals surface area contributed by atoms with Crippen LogP contribution in [0.1, 0.15) is 27.0 Å². The first-order valence-electron chi connectivity index (χ1n) is 6.33. The van der Waals surface area contributed by atoms with Gasteiger partial charge in [-0.1, -0.05) is 18.2 Å². The fraction of sp³-hybridized carbons (Fsp3) is 0.235. The number of ketones is 1. The number of Topliss-reactive ketones (excluding diaryl/α,β-unsaturated/α-hetero) is 1. The predicted molar refractivity (Wildman–Crippen MR) is 76.9 cm³/mol. The van der Waals surface area contributed by atoms with E-state index in [1.54, 1.807) is 7.11 Å². The number of aryl methyl sites for hydroxylation is 2. The molecule has 0 aliphatic carbocycles. The zero-order chi connectivity index (χ0) is 13.8. The second kappa shape index (κ2) is 5.70. The van der Waals surface area contributed by atoms with Gasteiger partial charge in [-0.05, 0) is 54.8 Å². The van der Waals surface area contributed by atoms with Gasteiger partial charge < -0.3 is 4.74 Å². The largest absolute Gasteiger partial charge is 0.497 e. The average molecular weight is 254 g/mol. The highest BCUT2D eigenvalue weighted by atomic mass is 16.5. The number of methoxy groups -OCH3 is 1. The van der Waals surface area contributed by atoms with Gasteiger partial charge in [0.2, 0.25) is 0 Å². The molecule has 0 unspecified atom stereocenters. The van der Waals surface area contributed by atoms with Crippen LogP contribution in [-0.2, 0) is 6.42 Å². The van der Waals surface area contributed by atoms with Crippen LogP contribution >= 0.6 is 0 Å². The smallest absolute Gasteiger partial charge is 0.167 e. The van der Waals surface area contributed by atoms with E-state index in [1.807, 2.05) is 30.3 Å². The number of carbonyl (C=O) groups is 1. The lowest BCUT2D eigenvalue weighted by molar-refractivity contribution is 0.0993. The van der Waals surface area contributed by atoms with Crippen molar-refractivity contribution in [2.75, 3.05) is 7.11 Å². The Hall–Kier alpha value is -2.09. The molecule has 0 bridgehead atoms. The molecule has 2 aromatic rings. The molecule has 0 aliphatic heterocycles. The molecule has 0 N–H and O–H groups in total. The van der Waals surface area contributed by atoms with Crippen molar-refractivity contribution in [2.24, 2.45) is 0 Å². The minimum absolute atomic E-state index is 0.130. The van der Waals surface area contributed by atoms with Gasteiger partial charge in [0.15, 0.2) is 5.78 Å². The number of hydrogen-bond acceptors (Lipinski definition) is 2. The number of ether oxygens (including phenoxy) is 1. The van der Waals surface area contributed by atoms with Crippen LogP contribution in [0, 0.1) is 13.8 Å². The first-order chi connectivity index (χ1) is 9.10. The Labute approximate surface area is 114 Å². The van der Waals surface area contributed by atoms with Gasteiger partial charge in [-0.15, -0.1) is 0 Å². The molecule has 19 heavy (non-hydrogen) atoms. The Balaban J connectivity index is 2.13. The van der Waals surface area contributed by atoms with Crippen LogP contribution in [0.3, 0.4) is 0 Å². The zero-order valence-corrected chi connectivity index (χ0v) is 11.6. The number of hydrogen-bond donors (Lipinski definition) is 0. The summed E-state index contributed by atoms with van der Waals surface area (Å²) in [5, 5.41) is 0. The third kappa shape index (κ3) is 3.22. The van der Waals surface area contributed by atoms with Gasteiger partial charge in [0.1, 0.15) is 5.75 Å². The zero-order valence-electron chi connectivity index (χ0n) is 11.6. The molecule has 0 saturated carbocycles. The van der Waals surface area contributed by atoms with Gasteiger partial charge in [-0.25, -0.2) is 0 Å². The van der Waals surface area contributed by atoms with E-state index in [4.69, 9.17) is 4.74 Å². The SMILES string of the molecule is COc1ccc(C(=O)Cc2ccc(C)c(C)c2)cc1. The lowest BCUT2D eigenvalue weighted by Crippen LogP contribution is -2.03. The third-order valence-corrected chi connectivity index (χ3v) is 3.35. The van der Waals surface area contributed by atoms with E-state index in [9.17, 15) is 4.79 Å². The van der Waals surface area contributed by atoms with Crippen LogP contribution in [-0.4, -0.2) is 12.9 Å². The van der Waals surface area contributed by atoms with Crippen LogP contribution < -0.4 is 4.74 Å².